The van der Waals surface area contributed by atoms with Crippen LogP contribution in [0.3, 0.4) is 0 Å². The van der Waals surface area contributed by atoms with Crippen molar-refractivity contribution in [3.63, 3.8) is 0 Å². The maximum Gasteiger partial charge on any atom is 0.259 e. The van der Waals surface area contributed by atoms with E-state index in [-0.39, 0.29) is 5.91 Å². The van der Waals surface area contributed by atoms with Gasteiger partial charge in [-0.2, -0.15) is 5.10 Å². The van der Waals surface area contributed by atoms with Crippen LogP contribution in [0.25, 0.3) is 0 Å². The molecule has 0 atom stereocenters. The number of carbonyl (C=O) groups excluding carboxylic acids is 1. The Hall–Kier alpha value is -1.52. The van der Waals surface area contributed by atoms with Gasteiger partial charge in [0.25, 0.3) is 5.91 Å². The van der Waals surface area contributed by atoms with Crippen LogP contribution in [-0.2, 0) is 0 Å². The molecule has 1 aromatic rings. The fraction of sp³-hybridized carbons (Fsp3) is 0.714. The third-order valence-electron chi connectivity index (χ3n) is 3.14. The first-order valence-electron chi connectivity index (χ1n) is 7.00. The second-order valence-corrected chi connectivity index (χ2v) is 5.85. The quantitative estimate of drug-likeness (QED) is 0.796. The summed E-state index contributed by atoms with van der Waals surface area (Å²) in [6.07, 6.45) is 3.51. The zero-order valence-corrected chi connectivity index (χ0v) is 12.4. The minimum atomic E-state index is -0.0208. The Morgan fingerprint density at radius 1 is 1.26 bits per heavy atom. The first-order chi connectivity index (χ1) is 8.91. The Morgan fingerprint density at radius 2 is 1.79 bits per heavy atom. The van der Waals surface area contributed by atoms with Gasteiger partial charge in [-0.15, -0.1) is 0 Å². The van der Waals surface area contributed by atoms with E-state index < -0.39 is 0 Å². The monoisotopic (exact) mass is 266 g/mol. The summed E-state index contributed by atoms with van der Waals surface area (Å²) in [4.78, 5) is 14.3. The summed E-state index contributed by atoms with van der Waals surface area (Å²) in [6, 6.07) is 0. The van der Waals surface area contributed by atoms with Crippen molar-refractivity contribution in [2.75, 3.05) is 18.8 Å². The molecule has 0 saturated heterocycles. The Kier molecular flexibility index (Phi) is 5.86. The highest BCUT2D eigenvalue weighted by atomic mass is 16.2. The molecule has 0 aliphatic heterocycles. The van der Waals surface area contributed by atoms with E-state index in [1.807, 2.05) is 4.90 Å². The number of nitrogens with two attached hydrogens (primary N) is 1. The molecule has 0 aromatic carbocycles. The van der Waals surface area contributed by atoms with Crippen molar-refractivity contribution in [1.82, 2.24) is 15.1 Å². The minimum absolute atomic E-state index is 0.0208. The van der Waals surface area contributed by atoms with Gasteiger partial charge in [0.2, 0.25) is 0 Å². The van der Waals surface area contributed by atoms with Gasteiger partial charge < -0.3 is 10.6 Å². The number of aromatic nitrogens is 2. The van der Waals surface area contributed by atoms with Crippen LogP contribution >= 0.6 is 0 Å². The van der Waals surface area contributed by atoms with Crippen LogP contribution in [0.2, 0.25) is 0 Å². The summed E-state index contributed by atoms with van der Waals surface area (Å²) < 4.78 is 0. The van der Waals surface area contributed by atoms with Gasteiger partial charge in [-0.3, -0.25) is 9.89 Å². The number of rotatable bonds is 7. The first-order valence-corrected chi connectivity index (χ1v) is 7.00. The SMILES string of the molecule is CC(C)CCN(CCC(C)C)C(=O)c1cn[nH]c1N. The molecule has 1 heterocycles. The van der Waals surface area contributed by atoms with Crippen LogP contribution in [0.1, 0.15) is 50.9 Å². The van der Waals surface area contributed by atoms with E-state index in [9.17, 15) is 4.79 Å². The largest absolute Gasteiger partial charge is 0.383 e. The Bertz CT molecular complexity index is 386. The lowest BCUT2D eigenvalue weighted by atomic mass is 10.1. The maximum absolute atomic E-state index is 12.4. The van der Waals surface area contributed by atoms with Crippen molar-refractivity contribution < 1.29 is 4.79 Å². The summed E-state index contributed by atoms with van der Waals surface area (Å²) in [6.45, 7) is 10.2. The summed E-state index contributed by atoms with van der Waals surface area (Å²) in [7, 11) is 0. The lowest BCUT2D eigenvalue weighted by Crippen LogP contribution is -2.34. The van der Waals surface area contributed by atoms with Crippen LogP contribution in [0.15, 0.2) is 6.20 Å². The van der Waals surface area contributed by atoms with Gasteiger partial charge in [-0.1, -0.05) is 27.7 Å². The Labute approximate surface area is 115 Å². The summed E-state index contributed by atoms with van der Waals surface area (Å²) >= 11 is 0. The van der Waals surface area contributed by atoms with Gasteiger partial charge in [0.1, 0.15) is 11.4 Å². The molecule has 1 amide bonds. The molecule has 0 aliphatic carbocycles. The van der Waals surface area contributed by atoms with E-state index in [1.54, 1.807) is 0 Å². The lowest BCUT2D eigenvalue weighted by Gasteiger charge is -2.24. The normalized spacial score (nSPS) is 11.3. The molecule has 0 spiro atoms. The second-order valence-electron chi connectivity index (χ2n) is 5.85. The van der Waals surface area contributed by atoms with Gasteiger partial charge in [-0.05, 0) is 24.7 Å². The third kappa shape index (κ3) is 4.93. The molecule has 0 unspecified atom stereocenters. The molecular formula is C14H26N4O. The Morgan fingerprint density at radius 3 is 2.16 bits per heavy atom. The van der Waals surface area contributed by atoms with E-state index in [0.717, 1.165) is 25.9 Å². The van der Waals surface area contributed by atoms with Crippen molar-refractivity contribution in [2.24, 2.45) is 11.8 Å². The van der Waals surface area contributed by atoms with Crippen molar-refractivity contribution in [1.29, 1.82) is 0 Å². The molecule has 0 bridgehead atoms. The van der Waals surface area contributed by atoms with Crippen LogP contribution in [0, 0.1) is 11.8 Å². The predicted molar refractivity (Wildman–Crippen MR) is 77.8 cm³/mol. The van der Waals surface area contributed by atoms with Crippen molar-refractivity contribution in [2.45, 2.75) is 40.5 Å². The van der Waals surface area contributed by atoms with Crippen molar-refractivity contribution in [3.05, 3.63) is 11.8 Å². The number of nitrogen functional groups attached to an aromatic ring is 1. The Balaban J connectivity index is 2.71. The third-order valence-corrected chi connectivity index (χ3v) is 3.14. The number of nitrogens with one attached hydrogen (secondary N) is 1. The van der Waals surface area contributed by atoms with E-state index in [2.05, 4.69) is 37.9 Å². The predicted octanol–water partition coefficient (Wildman–Crippen LogP) is 2.53. The van der Waals surface area contributed by atoms with E-state index in [1.165, 1.54) is 6.20 Å². The molecule has 19 heavy (non-hydrogen) atoms. The van der Waals surface area contributed by atoms with Gasteiger partial charge in [0.15, 0.2) is 0 Å². The van der Waals surface area contributed by atoms with Crippen LogP contribution < -0.4 is 5.73 Å². The van der Waals surface area contributed by atoms with Crippen molar-refractivity contribution >= 4 is 11.7 Å². The van der Waals surface area contributed by atoms with E-state index in [0.29, 0.717) is 23.2 Å². The molecule has 3 N–H and O–H groups in total. The average molecular weight is 266 g/mol. The number of anilines is 1. The second kappa shape index (κ2) is 7.16. The zero-order chi connectivity index (χ0) is 14.4. The highest BCUT2D eigenvalue weighted by Gasteiger charge is 2.19. The first kappa shape index (κ1) is 15.5. The highest BCUT2D eigenvalue weighted by molar-refractivity contribution is 5.98. The molecule has 0 saturated carbocycles. The lowest BCUT2D eigenvalue weighted by molar-refractivity contribution is 0.0742. The number of amides is 1. The van der Waals surface area contributed by atoms with Crippen LogP contribution in [0.5, 0.6) is 0 Å². The minimum Gasteiger partial charge on any atom is -0.383 e. The number of hydrogen-bond donors (Lipinski definition) is 2. The van der Waals surface area contributed by atoms with E-state index >= 15 is 0 Å². The zero-order valence-electron chi connectivity index (χ0n) is 12.4. The van der Waals surface area contributed by atoms with Gasteiger partial charge in [0.05, 0.1) is 6.20 Å². The molecule has 108 valence electrons. The molecule has 1 rings (SSSR count). The molecule has 0 aliphatic rings. The molecule has 1 aromatic heterocycles. The average Bonchev–Trinajstić information content (AvgIpc) is 2.74. The summed E-state index contributed by atoms with van der Waals surface area (Å²) in [5.74, 6) is 1.49. The molecule has 0 fully saturated rings. The van der Waals surface area contributed by atoms with Gasteiger partial charge in [-0.25, -0.2) is 0 Å². The van der Waals surface area contributed by atoms with Crippen molar-refractivity contribution in [3.8, 4) is 0 Å². The summed E-state index contributed by atoms with van der Waals surface area (Å²) in [5.41, 5.74) is 6.20. The van der Waals surface area contributed by atoms with Crippen LogP contribution in [0.4, 0.5) is 5.82 Å². The molecule has 5 nitrogen and oxygen atoms in total. The van der Waals surface area contributed by atoms with E-state index in [4.69, 9.17) is 5.73 Å². The number of H-pyrrole nitrogens is 1. The fourth-order valence-electron chi connectivity index (χ4n) is 1.78. The summed E-state index contributed by atoms with van der Waals surface area (Å²) in [5, 5.41) is 6.43. The van der Waals surface area contributed by atoms with Gasteiger partial charge in [0, 0.05) is 13.1 Å². The smallest absolute Gasteiger partial charge is 0.259 e. The number of nitrogens with zero attached hydrogens (tertiary/aromatic N) is 2. The number of carbonyl (C=O) groups is 1. The van der Waals surface area contributed by atoms with Gasteiger partial charge >= 0.3 is 0 Å². The maximum atomic E-state index is 12.4. The fourth-order valence-corrected chi connectivity index (χ4v) is 1.78. The molecule has 5 heteroatoms. The standard InChI is InChI=1S/C14H26N4O/c1-10(2)5-7-18(8-6-11(3)4)14(19)12-9-16-17-13(12)15/h9-11H,5-8H2,1-4H3,(H3,15,16,17). The van der Waals surface area contributed by atoms with Crippen LogP contribution in [-0.4, -0.2) is 34.1 Å². The molecular weight excluding hydrogens is 240 g/mol. The topological polar surface area (TPSA) is 75.0 Å². The molecule has 0 radical (unpaired) electrons. The number of hydrogen-bond acceptors (Lipinski definition) is 3. The highest BCUT2D eigenvalue weighted by Crippen LogP contribution is 2.14. The number of aromatic amines is 1.